The van der Waals surface area contributed by atoms with Gasteiger partial charge in [-0.3, -0.25) is 0 Å². The lowest BCUT2D eigenvalue weighted by Gasteiger charge is -2.38. The number of hydrogen-bond acceptors (Lipinski definition) is 4. The van der Waals surface area contributed by atoms with Crippen LogP contribution in [0.3, 0.4) is 0 Å². The van der Waals surface area contributed by atoms with Gasteiger partial charge in [-0.25, -0.2) is 14.4 Å². The van der Waals surface area contributed by atoms with Crippen LogP contribution in [0.2, 0.25) is 0 Å². The van der Waals surface area contributed by atoms with E-state index in [0.29, 0.717) is 19.0 Å². The largest absolute Gasteiger partial charge is 0.481 e. The molecule has 1 aromatic heterocycles. The van der Waals surface area contributed by atoms with E-state index < -0.39 is 0 Å². The second-order valence-corrected chi connectivity index (χ2v) is 6.73. The van der Waals surface area contributed by atoms with Crippen LogP contribution in [0.15, 0.2) is 47.5 Å². The lowest BCUT2D eigenvalue weighted by molar-refractivity contribution is -0.0605. The molecular weight excluding hydrogens is 486 g/mol. The molecule has 0 aliphatic carbocycles. The van der Waals surface area contributed by atoms with E-state index in [9.17, 15) is 4.39 Å². The molecule has 2 aromatic rings. The minimum Gasteiger partial charge on any atom is -0.481 e. The first-order valence-electron chi connectivity index (χ1n) is 9.53. The van der Waals surface area contributed by atoms with E-state index in [1.54, 1.807) is 19.2 Å². The summed E-state index contributed by atoms with van der Waals surface area (Å²) in [6, 6.07) is 12.1. The number of halogens is 2. The molecule has 1 aliphatic heterocycles. The van der Waals surface area contributed by atoms with Gasteiger partial charge in [-0.1, -0.05) is 18.2 Å². The maximum atomic E-state index is 13.3. The molecule has 1 aromatic carbocycles. The van der Waals surface area contributed by atoms with E-state index in [2.05, 4.69) is 15.2 Å². The van der Waals surface area contributed by atoms with Gasteiger partial charge in [0.2, 0.25) is 5.88 Å². The Kier molecular flexibility index (Phi) is 9.09. The van der Waals surface area contributed by atoms with Gasteiger partial charge >= 0.3 is 0 Å². The van der Waals surface area contributed by atoms with E-state index in [-0.39, 0.29) is 42.0 Å². The molecule has 6 nitrogen and oxygen atoms in total. The summed E-state index contributed by atoms with van der Waals surface area (Å²) in [4.78, 5) is 11.4. The van der Waals surface area contributed by atoms with Gasteiger partial charge in [0.15, 0.2) is 5.96 Å². The summed E-state index contributed by atoms with van der Waals surface area (Å²) in [7, 11) is 1.60. The Morgan fingerprint density at radius 2 is 2.03 bits per heavy atom. The normalized spacial score (nSPS) is 19.4. The molecule has 0 bridgehead atoms. The first-order chi connectivity index (χ1) is 13.6. The minimum atomic E-state index is -0.245. The van der Waals surface area contributed by atoms with Crippen molar-refractivity contribution in [2.24, 2.45) is 4.99 Å². The molecule has 0 spiro atoms. The lowest BCUT2D eigenvalue weighted by atomic mass is 10.1. The number of ether oxygens (including phenoxy) is 2. The van der Waals surface area contributed by atoms with Gasteiger partial charge < -0.3 is 19.7 Å². The number of methoxy groups -OCH3 is 1. The van der Waals surface area contributed by atoms with E-state index in [1.165, 1.54) is 12.1 Å². The molecule has 2 unspecified atom stereocenters. The van der Waals surface area contributed by atoms with Crippen LogP contribution >= 0.6 is 24.0 Å². The summed E-state index contributed by atoms with van der Waals surface area (Å²) in [6.07, 6.45) is -0.106. The zero-order valence-electron chi connectivity index (χ0n) is 17.0. The Bertz CT molecular complexity index is 804. The van der Waals surface area contributed by atoms with E-state index in [4.69, 9.17) is 14.5 Å². The third-order valence-electron chi connectivity index (χ3n) is 4.52. The first kappa shape index (κ1) is 23.3. The number of hydrogen-bond donors (Lipinski definition) is 1. The zero-order valence-corrected chi connectivity index (χ0v) is 19.3. The molecule has 158 valence electrons. The van der Waals surface area contributed by atoms with Gasteiger partial charge in [0.05, 0.1) is 32.0 Å². The Hall–Kier alpha value is -1.94. The summed E-state index contributed by atoms with van der Waals surface area (Å²) >= 11 is 0. The Morgan fingerprint density at radius 3 is 2.72 bits per heavy atom. The van der Waals surface area contributed by atoms with Gasteiger partial charge in [0, 0.05) is 19.2 Å². The molecule has 8 heteroatoms. The van der Waals surface area contributed by atoms with E-state index in [1.807, 2.05) is 32.0 Å². The van der Waals surface area contributed by atoms with Crippen LogP contribution in [0.25, 0.3) is 0 Å². The lowest BCUT2D eigenvalue weighted by Crippen LogP contribution is -2.50. The van der Waals surface area contributed by atoms with Gasteiger partial charge in [-0.05, 0) is 37.6 Å². The highest BCUT2D eigenvalue weighted by molar-refractivity contribution is 14.0. The number of morpholine rings is 1. The summed E-state index contributed by atoms with van der Waals surface area (Å²) < 4.78 is 24.5. The van der Waals surface area contributed by atoms with Gasteiger partial charge in [0.1, 0.15) is 11.9 Å². The third-order valence-corrected chi connectivity index (χ3v) is 4.52. The highest BCUT2D eigenvalue weighted by atomic mass is 127. The predicted molar refractivity (Wildman–Crippen MR) is 122 cm³/mol. The molecule has 1 saturated heterocycles. The van der Waals surface area contributed by atoms with Crippen LogP contribution in [0.1, 0.15) is 31.2 Å². The predicted octanol–water partition coefficient (Wildman–Crippen LogP) is 3.77. The maximum absolute atomic E-state index is 13.3. The van der Waals surface area contributed by atoms with Crippen molar-refractivity contribution in [3.05, 3.63) is 59.5 Å². The number of guanidine groups is 1. The maximum Gasteiger partial charge on any atom is 0.213 e. The van der Waals surface area contributed by atoms with Crippen LogP contribution in [-0.4, -0.2) is 48.7 Å². The van der Waals surface area contributed by atoms with E-state index >= 15 is 0 Å². The molecule has 2 atom stereocenters. The van der Waals surface area contributed by atoms with Crippen LogP contribution in [0, 0.1) is 5.82 Å². The van der Waals surface area contributed by atoms with Crippen molar-refractivity contribution >= 4 is 29.9 Å². The minimum absolute atomic E-state index is 0. The molecule has 3 rings (SSSR count). The molecule has 2 heterocycles. The summed E-state index contributed by atoms with van der Waals surface area (Å²) in [6.45, 7) is 6.67. The van der Waals surface area contributed by atoms with E-state index in [0.717, 1.165) is 30.3 Å². The zero-order chi connectivity index (χ0) is 19.9. The number of benzene rings is 1. The molecule has 1 aliphatic rings. The quantitative estimate of drug-likeness (QED) is 0.374. The fourth-order valence-corrected chi connectivity index (χ4v) is 3.23. The fraction of sp³-hybridized carbons (Fsp3) is 0.429. The van der Waals surface area contributed by atoms with Crippen LogP contribution in [0.4, 0.5) is 4.39 Å². The molecule has 29 heavy (non-hydrogen) atoms. The van der Waals surface area contributed by atoms with Crippen molar-refractivity contribution in [3.63, 3.8) is 0 Å². The van der Waals surface area contributed by atoms with Gasteiger partial charge in [-0.2, -0.15) is 0 Å². The summed E-state index contributed by atoms with van der Waals surface area (Å²) in [5.41, 5.74) is 1.80. The van der Waals surface area contributed by atoms with Crippen molar-refractivity contribution < 1.29 is 13.9 Å². The Labute approximate surface area is 188 Å². The number of aliphatic imine (C=N–C) groups is 1. The molecule has 0 amide bonds. The fourth-order valence-electron chi connectivity index (χ4n) is 3.23. The number of pyridine rings is 1. The summed E-state index contributed by atoms with van der Waals surface area (Å²) in [5, 5.41) is 3.35. The first-order valence-corrected chi connectivity index (χ1v) is 9.53. The Morgan fingerprint density at radius 1 is 1.28 bits per heavy atom. The topological polar surface area (TPSA) is 59.0 Å². The number of nitrogens with one attached hydrogen (secondary N) is 1. The van der Waals surface area contributed by atoms with Gasteiger partial charge in [-0.15, -0.1) is 24.0 Å². The number of rotatable bonds is 5. The number of aromatic nitrogens is 1. The second kappa shape index (κ2) is 11.3. The van der Waals surface area contributed by atoms with Gasteiger partial charge in [0.25, 0.3) is 0 Å². The molecule has 1 fully saturated rings. The Balaban J connectivity index is 0.00000300. The molecular formula is C21H28FIN4O2. The van der Waals surface area contributed by atoms with Crippen LogP contribution < -0.4 is 10.1 Å². The van der Waals surface area contributed by atoms with Crippen molar-refractivity contribution in [1.82, 2.24) is 15.2 Å². The molecule has 0 radical (unpaired) electrons. The highest BCUT2D eigenvalue weighted by Crippen LogP contribution is 2.25. The van der Waals surface area contributed by atoms with Crippen molar-refractivity contribution in [2.45, 2.75) is 32.6 Å². The smallest absolute Gasteiger partial charge is 0.213 e. The molecule has 1 N–H and O–H groups in total. The number of nitrogens with zero attached hydrogens (tertiary/aromatic N) is 3. The van der Waals surface area contributed by atoms with Crippen molar-refractivity contribution in [2.75, 3.05) is 26.7 Å². The highest BCUT2D eigenvalue weighted by Gasteiger charge is 2.28. The average Bonchev–Trinajstić information content (AvgIpc) is 2.71. The monoisotopic (exact) mass is 514 g/mol. The summed E-state index contributed by atoms with van der Waals surface area (Å²) in [5.74, 6) is 1.15. The average molecular weight is 514 g/mol. The van der Waals surface area contributed by atoms with Crippen LogP contribution in [0.5, 0.6) is 5.88 Å². The standard InChI is InChI=1S/C21H27FN4O2.HI/c1-4-23-21(24-12-18-6-5-7-20(25-18)27-3)26-13-15(2)28-19(14-26)16-8-10-17(22)11-9-16;/h5-11,15,19H,4,12-14H2,1-3H3,(H,23,24);1H. The SMILES string of the molecule is CCNC(=NCc1cccc(OC)n1)N1CC(C)OC(c2ccc(F)cc2)C1.I. The molecule has 0 saturated carbocycles. The van der Waals surface area contributed by atoms with Crippen molar-refractivity contribution in [1.29, 1.82) is 0 Å². The van der Waals surface area contributed by atoms with Crippen LogP contribution in [-0.2, 0) is 11.3 Å². The third kappa shape index (κ3) is 6.53. The second-order valence-electron chi connectivity index (χ2n) is 6.73. The van der Waals surface area contributed by atoms with Crippen molar-refractivity contribution in [3.8, 4) is 5.88 Å².